The summed E-state index contributed by atoms with van der Waals surface area (Å²) in [4.78, 5) is 16.5. The number of nitrogens with zero attached hydrogens (tertiary/aromatic N) is 2. The molecular weight excluding hydrogens is 208 g/mol. The Labute approximate surface area is 92.3 Å². The zero-order valence-electron chi connectivity index (χ0n) is 9.04. The number of oxazole rings is 1. The van der Waals surface area contributed by atoms with E-state index in [0.717, 1.165) is 11.2 Å². The Kier molecular flexibility index (Phi) is 2.52. The highest BCUT2D eigenvalue weighted by Crippen LogP contribution is 2.21. The van der Waals surface area contributed by atoms with Gasteiger partial charge >= 0.3 is 5.97 Å². The molecule has 1 unspecified atom stereocenters. The lowest BCUT2D eigenvalue weighted by atomic mass is 10.2. The molecule has 0 saturated carbocycles. The summed E-state index contributed by atoms with van der Waals surface area (Å²) in [7, 11) is 1.73. The highest BCUT2D eigenvalue weighted by atomic mass is 16.4. The summed E-state index contributed by atoms with van der Waals surface area (Å²) >= 11 is 0. The van der Waals surface area contributed by atoms with Gasteiger partial charge in [0.05, 0.1) is 0 Å². The van der Waals surface area contributed by atoms with Crippen molar-refractivity contribution in [1.29, 1.82) is 0 Å². The van der Waals surface area contributed by atoms with Crippen LogP contribution in [0.5, 0.6) is 0 Å². The molecule has 1 aromatic carbocycles. The van der Waals surface area contributed by atoms with Crippen molar-refractivity contribution >= 4 is 22.8 Å². The minimum atomic E-state index is -0.861. The summed E-state index contributed by atoms with van der Waals surface area (Å²) in [6.45, 7) is 1.63. The monoisotopic (exact) mass is 220 g/mol. The molecule has 1 atom stereocenters. The van der Waals surface area contributed by atoms with Gasteiger partial charge in [-0.3, -0.25) is 0 Å². The van der Waals surface area contributed by atoms with E-state index in [4.69, 9.17) is 9.52 Å². The summed E-state index contributed by atoms with van der Waals surface area (Å²) in [5.41, 5.74) is 2.21. The molecule has 2 rings (SSSR count). The SMILES string of the molecule is CC(C(=O)O)N(C)c1ccc2ncoc2c1. The Bertz CT molecular complexity index is 521. The van der Waals surface area contributed by atoms with Gasteiger partial charge in [-0.2, -0.15) is 0 Å². The van der Waals surface area contributed by atoms with E-state index in [9.17, 15) is 4.79 Å². The van der Waals surface area contributed by atoms with E-state index in [1.165, 1.54) is 6.39 Å². The lowest BCUT2D eigenvalue weighted by Gasteiger charge is -2.23. The van der Waals surface area contributed by atoms with Gasteiger partial charge in [-0.05, 0) is 19.1 Å². The average molecular weight is 220 g/mol. The molecule has 1 N–H and O–H groups in total. The zero-order valence-corrected chi connectivity index (χ0v) is 9.04. The van der Waals surface area contributed by atoms with Gasteiger partial charge in [0.25, 0.3) is 0 Å². The first kappa shape index (κ1) is 10.5. The first-order valence-corrected chi connectivity index (χ1v) is 4.88. The number of carbonyl (C=O) groups is 1. The molecule has 0 amide bonds. The molecule has 0 saturated heterocycles. The van der Waals surface area contributed by atoms with Crippen LogP contribution in [0.15, 0.2) is 29.0 Å². The van der Waals surface area contributed by atoms with Gasteiger partial charge in [0.15, 0.2) is 12.0 Å². The number of aromatic nitrogens is 1. The molecule has 0 radical (unpaired) electrons. The number of benzene rings is 1. The van der Waals surface area contributed by atoms with Crippen molar-refractivity contribution in [1.82, 2.24) is 4.98 Å². The minimum Gasteiger partial charge on any atom is -0.480 e. The summed E-state index contributed by atoms with van der Waals surface area (Å²) < 4.78 is 5.16. The van der Waals surface area contributed by atoms with Gasteiger partial charge in [0, 0.05) is 18.8 Å². The van der Waals surface area contributed by atoms with Gasteiger partial charge in [-0.15, -0.1) is 0 Å². The van der Waals surface area contributed by atoms with Crippen LogP contribution in [0.3, 0.4) is 0 Å². The molecule has 5 nitrogen and oxygen atoms in total. The van der Waals surface area contributed by atoms with E-state index in [0.29, 0.717) is 5.58 Å². The standard InChI is InChI=1S/C11H12N2O3/c1-7(11(14)15)13(2)8-3-4-9-10(5-8)16-6-12-9/h3-7H,1-2H3,(H,14,15). The fraction of sp³-hybridized carbons (Fsp3) is 0.273. The second-order valence-electron chi connectivity index (χ2n) is 3.63. The molecule has 2 aromatic rings. The van der Waals surface area contributed by atoms with Crippen LogP contribution in [0.4, 0.5) is 5.69 Å². The highest BCUT2D eigenvalue weighted by Gasteiger charge is 2.17. The maximum atomic E-state index is 10.9. The van der Waals surface area contributed by atoms with Gasteiger partial charge in [-0.1, -0.05) is 0 Å². The molecule has 0 aliphatic heterocycles. The van der Waals surface area contributed by atoms with Crippen molar-refractivity contribution < 1.29 is 14.3 Å². The lowest BCUT2D eigenvalue weighted by Crippen LogP contribution is -2.35. The second kappa shape index (κ2) is 3.84. The Balaban J connectivity index is 2.35. The average Bonchev–Trinajstić information content (AvgIpc) is 2.73. The van der Waals surface area contributed by atoms with Crippen molar-refractivity contribution in [3.63, 3.8) is 0 Å². The number of carboxylic acids is 1. The first-order valence-electron chi connectivity index (χ1n) is 4.88. The summed E-state index contributed by atoms with van der Waals surface area (Å²) in [5, 5.41) is 8.91. The third-order valence-electron chi connectivity index (χ3n) is 2.66. The maximum absolute atomic E-state index is 10.9. The molecular formula is C11H12N2O3. The number of fused-ring (bicyclic) bond motifs is 1. The predicted octanol–water partition coefficient (Wildman–Crippen LogP) is 1.74. The molecule has 16 heavy (non-hydrogen) atoms. The Hall–Kier alpha value is -2.04. The number of aliphatic carboxylic acids is 1. The molecule has 1 heterocycles. The number of hydrogen-bond acceptors (Lipinski definition) is 4. The number of rotatable bonds is 3. The normalized spacial score (nSPS) is 12.6. The second-order valence-corrected chi connectivity index (χ2v) is 3.63. The quantitative estimate of drug-likeness (QED) is 0.853. The lowest BCUT2D eigenvalue weighted by molar-refractivity contribution is -0.138. The van der Waals surface area contributed by atoms with Crippen molar-refractivity contribution in [2.45, 2.75) is 13.0 Å². The zero-order chi connectivity index (χ0) is 11.7. The largest absolute Gasteiger partial charge is 0.480 e. The Morgan fingerprint density at radius 1 is 1.56 bits per heavy atom. The molecule has 1 aromatic heterocycles. The highest BCUT2D eigenvalue weighted by molar-refractivity contribution is 5.81. The molecule has 5 heteroatoms. The minimum absolute atomic E-state index is 0.583. The number of carboxylic acid groups (broad SMARTS) is 1. The van der Waals surface area contributed by atoms with Gasteiger partial charge in [-0.25, -0.2) is 9.78 Å². The van der Waals surface area contributed by atoms with E-state index < -0.39 is 12.0 Å². The topological polar surface area (TPSA) is 66.6 Å². The third kappa shape index (κ3) is 1.71. The van der Waals surface area contributed by atoms with Gasteiger partial charge < -0.3 is 14.4 Å². The number of hydrogen-bond donors (Lipinski definition) is 1. The smallest absolute Gasteiger partial charge is 0.326 e. The predicted molar refractivity (Wildman–Crippen MR) is 59.5 cm³/mol. The fourth-order valence-electron chi connectivity index (χ4n) is 1.45. The molecule has 0 spiro atoms. The summed E-state index contributed by atoms with van der Waals surface area (Å²) in [6, 6.07) is 4.83. The van der Waals surface area contributed by atoms with Crippen LogP contribution in [-0.2, 0) is 4.79 Å². The van der Waals surface area contributed by atoms with Crippen LogP contribution in [0, 0.1) is 0 Å². The van der Waals surface area contributed by atoms with Crippen molar-refractivity contribution in [3.8, 4) is 0 Å². The van der Waals surface area contributed by atoms with Gasteiger partial charge in [0.2, 0.25) is 0 Å². The van der Waals surface area contributed by atoms with Crippen LogP contribution in [-0.4, -0.2) is 29.1 Å². The van der Waals surface area contributed by atoms with Crippen LogP contribution in [0.1, 0.15) is 6.92 Å². The van der Waals surface area contributed by atoms with Crippen molar-refractivity contribution in [3.05, 3.63) is 24.6 Å². The molecule has 0 aliphatic rings. The van der Waals surface area contributed by atoms with Crippen molar-refractivity contribution in [2.75, 3.05) is 11.9 Å². The molecule has 0 fully saturated rings. The third-order valence-corrected chi connectivity index (χ3v) is 2.66. The Morgan fingerprint density at radius 3 is 3.00 bits per heavy atom. The van der Waals surface area contributed by atoms with E-state index in [1.54, 1.807) is 31.0 Å². The number of likely N-dealkylation sites (N-methyl/N-ethyl adjacent to an activating group) is 1. The fourth-order valence-corrected chi connectivity index (χ4v) is 1.45. The molecule has 0 aliphatic carbocycles. The maximum Gasteiger partial charge on any atom is 0.326 e. The van der Waals surface area contributed by atoms with E-state index in [2.05, 4.69) is 4.98 Å². The summed E-state index contributed by atoms with van der Waals surface area (Å²) in [5.74, 6) is -0.861. The Morgan fingerprint density at radius 2 is 2.31 bits per heavy atom. The van der Waals surface area contributed by atoms with E-state index in [1.807, 2.05) is 6.07 Å². The van der Waals surface area contributed by atoms with E-state index in [-0.39, 0.29) is 0 Å². The number of anilines is 1. The van der Waals surface area contributed by atoms with E-state index >= 15 is 0 Å². The summed E-state index contributed by atoms with van der Waals surface area (Å²) in [6.07, 6.45) is 1.37. The molecule has 0 bridgehead atoms. The van der Waals surface area contributed by atoms with Crippen LogP contribution in [0.25, 0.3) is 11.1 Å². The van der Waals surface area contributed by atoms with Crippen LogP contribution >= 0.6 is 0 Å². The van der Waals surface area contributed by atoms with Gasteiger partial charge in [0.1, 0.15) is 11.6 Å². The van der Waals surface area contributed by atoms with Crippen LogP contribution in [0.2, 0.25) is 0 Å². The van der Waals surface area contributed by atoms with Crippen molar-refractivity contribution in [2.24, 2.45) is 0 Å². The van der Waals surface area contributed by atoms with Crippen LogP contribution < -0.4 is 4.90 Å². The molecule has 84 valence electrons. The first-order chi connectivity index (χ1) is 7.59.